The van der Waals surface area contributed by atoms with Crippen molar-refractivity contribution < 1.29 is 80.8 Å². The number of halogens is 14. The second kappa shape index (κ2) is 6.57. The molecule has 1 aliphatic heterocycles. The minimum Gasteiger partial charge on any atom is -0.440 e. The number of carbonyl (C=O) groups is 1. The van der Waals surface area contributed by atoms with Crippen molar-refractivity contribution in [3.8, 4) is 0 Å². The van der Waals surface area contributed by atoms with E-state index in [9.17, 15) is 66.3 Å². The zero-order chi connectivity index (χ0) is 24.4. The number of ether oxygens (including phenoxy) is 2. The van der Waals surface area contributed by atoms with E-state index in [-0.39, 0.29) is 0 Å². The van der Waals surface area contributed by atoms with E-state index in [0.717, 1.165) is 0 Å². The van der Waals surface area contributed by atoms with Crippen LogP contribution < -0.4 is 0 Å². The average molecular weight is 480 g/mol. The smallest absolute Gasteiger partial charge is 0.440 e. The first kappa shape index (κ1) is 26.2. The van der Waals surface area contributed by atoms with Crippen molar-refractivity contribution in [2.24, 2.45) is 0 Å². The first-order chi connectivity index (χ1) is 12.9. The molecule has 0 amide bonds. The lowest BCUT2D eigenvalue weighted by atomic mass is 9.81. The molecule has 1 rings (SSSR count). The fourth-order valence-corrected chi connectivity index (χ4v) is 2.21. The third-order valence-electron chi connectivity index (χ3n) is 3.89. The van der Waals surface area contributed by atoms with Gasteiger partial charge < -0.3 is 14.6 Å². The van der Waals surface area contributed by atoms with Crippen molar-refractivity contribution in [3.63, 3.8) is 0 Å². The van der Waals surface area contributed by atoms with Crippen molar-refractivity contribution >= 4 is 5.97 Å². The Morgan fingerprint density at radius 2 is 1.37 bits per heavy atom. The fourth-order valence-electron chi connectivity index (χ4n) is 2.21. The van der Waals surface area contributed by atoms with Crippen LogP contribution in [0.1, 0.15) is 0 Å². The first-order valence-electron chi connectivity index (χ1n) is 6.78. The molecule has 0 bridgehead atoms. The number of hydrogen-bond acceptors (Lipinski definition) is 4. The van der Waals surface area contributed by atoms with Crippen LogP contribution in [0.4, 0.5) is 61.5 Å². The molecule has 0 spiro atoms. The second-order valence-electron chi connectivity index (χ2n) is 5.68. The minimum absolute atomic E-state index is 0.404. The molecule has 1 N–H and O–H groups in total. The Kier molecular flexibility index (Phi) is 5.74. The van der Waals surface area contributed by atoms with Crippen LogP contribution >= 0.6 is 0 Å². The van der Waals surface area contributed by atoms with Crippen LogP contribution in [0.3, 0.4) is 0 Å². The van der Waals surface area contributed by atoms with Crippen LogP contribution in [0.2, 0.25) is 0 Å². The van der Waals surface area contributed by atoms with Gasteiger partial charge in [0, 0.05) is 6.08 Å². The summed E-state index contributed by atoms with van der Waals surface area (Å²) >= 11 is 0. The Morgan fingerprint density at radius 1 is 0.933 bits per heavy atom. The normalized spacial score (nSPS) is 28.4. The van der Waals surface area contributed by atoms with Gasteiger partial charge in [-0.2, -0.15) is 61.5 Å². The summed E-state index contributed by atoms with van der Waals surface area (Å²) < 4.78 is 191. The highest BCUT2D eigenvalue weighted by Gasteiger charge is 2.97. The van der Waals surface area contributed by atoms with Gasteiger partial charge in [-0.3, -0.25) is 0 Å². The minimum atomic E-state index is -7.96. The average Bonchev–Trinajstić information content (AvgIpc) is 2.75. The van der Waals surface area contributed by atoms with Gasteiger partial charge in [0.25, 0.3) is 5.60 Å². The van der Waals surface area contributed by atoms with Crippen molar-refractivity contribution in [2.45, 2.75) is 47.4 Å². The van der Waals surface area contributed by atoms with Crippen molar-refractivity contribution in [2.75, 3.05) is 6.61 Å². The second-order valence-corrected chi connectivity index (χ2v) is 5.68. The van der Waals surface area contributed by atoms with E-state index in [1.54, 1.807) is 0 Å². The van der Waals surface area contributed by atoms with Gasteiger partial charge in [-0.15, -0.1) is 0 Å². The van der Waals surface area contributed by atoms with Gasteiger partial charge in [0.15, 0.2) is 0 Å². The SMILES string of the molecule is C=CC(=O)OC1(C(F)(F)C(F)(F)C(F)(F)C(F)(F)F)COC(O)(C(F)(F)F)C1(F)F. The molecule has 0 saturated carbocycles. The zero-order valence-electron chi connectivity index (χ0n) is 13.5. The van der Waals surface area contributed by atoms with E-state index in [2.05, 4.69) is 16.1 Å². The molecule has 0 aliphatic carbocycles. The molecular formula is C12H6F14O4. The van der Waals surface area contributed by atoms with E-state index < -0.39 is 66.1 Å². The highest BCUT2D eigenvalue weighted by Crippen LogP contribution is 2.65. The highest BCUT2D eigenvalue weighted by atomic mass is 19.4. The molecule has 4 nitrogen and oxygen atoms in total. The molecule has 30 heavy (non-hydrogen) atoms. The quantitative estimate of drug-likeness (QED) is 0.370. The Hall–Kier alpha value is -1.85. The number of carbonyl (C=O) groups excluding carboxylic acids is 1. The summed E-state index contributed by atoms with van der Waals surface area (Å²) in [7, 11) is 0. The van der Waals surface area contributed by atoms with Gasteiger partial charge in [-0.25, -0.2) is 4.79 Å². The molecule has 2 unspecified atom stereocenters. The maximum absolute atomic E-state index is 14.3. The fraction of sp³-hybridized carbons (Fsp3) is 0.750. The van der Waals surface area contributed by atoms with Crippen LogP contribution in [0.5, 0.6) is 0 Å². The van der Waals surface area contributed by atoms with Crippen LogP contribution in [-0.4, -0.2) is 65.1 Å². The molecule has 2 atom stereocenters. The first-order valence-corrected chi connectivity index (χ1v) is 6.78. The molecule has 0 aromatic heterocycles. The summed E-state index contributed by atoms with van der Waals surface area (Å²) in [5, 5.41) is 8.97. The van der Waals surface area contributed by atoms with Gasteiger partial charge in [-0.05, 0) is 0 Å². The van der Waals surface area contributed by atoms with Gasteiger partial charge >= 0.3 is 47.8 Å². The van der Waals surface area contributed by atoms with Gasteiger partial charge in [0.2, 0.25) is 0 Å². The summed E-state index contributed by atoms with van der Waals surface area (Å²) in [6.07, 6.45) is -14.8. The standard InChI is InChI=1S/C12H6F14O4/c1-2-4(27)30-5(3-29-10(28,7(5,15)16)12(24,25)26)6(13,14)8(17,18)9(19,20)11(21,22)23/h2,28H,1,3H2. The Balaban J connectivity index is 3.92. The number of hydrogen-bond donors (Lipinski definition) is 1. The summed E-state index contributed by atoms with van der Waals surface area (Å²) in [6, 6.07) is 0. The topological polar surface area (TPSA) is 55.8 Å². The largest absolute Gasteiger partial charge is 0.460 e. The van der Waals surface area contributed by atoms with E-state index >= 15 is 0 Å². The van der Waals surface area contributed by atoms with Crippen LogP contribution in [0.15, 0.2) is 12.7 Å². The Morgan fingerprint density at radius 3 is 1.67 bits per heavy atom. The summed E-state index contributed by atoms with van der Waals surface area (Å²) in [4.78, 5) is 11.1. The lowest BCUT2D eigenvalue weighted by Gasteiger charge is -2.45. The lowest BCUT2D eigenvalue weighted by molar-refractivity contribution is -0.445. The molecule has 1 fully saturated rings. The molecule has 18 heteroatoms. The molecule has 0 aromatic rings. The lowest BCUT2D eigenvalue weighted by Crippen LogP contribution is -2.76. The van der Waals surface area contributed by atoms with Gasteiger partial charge in [0.05, 0.1) is 0 Å². The predicted molar refractivity (Wildman–Crippen MR) is 61.8 cm³/mol. The van der Waals surface area contributed by atoms with Crippen LogP contribution in [0.25, 0.3) is 0 Å². The molecule has 0 radical (unpaired) electrons. The summed E-state index contributed by atoms with van der Waals surface area (Å²) in [6.45, 7) is -0.892. The molecule has 1 heterocycles. The van der Waals surface area contributed by atoms with Crippen LogP contribution in [-0.2, 0) is 14.3 Å². The maximum atomic E-state index is 14.3. The molecular weight excluding hydrogens is 474 g/mol. The van der Waals surface area contributed by atoms with Crippen LogP contribution in [0, 0.1) is 0 Å². The molecule has 1 aliphatic rings. The third-order valence-corrected chi connectivity index (χ3v) is 3.89. The number of aliphatic hydroxyl groups is 1. The molecule has 1 saturated heterocycles. The van der Waals surface area contributed by atoms with Gasteiger partial charge in [-0.1, -0.05) is 6.58 Å². The predicted octanol–water partition coefficient (Wildman–Crippen LogP) is 3.84. The number of alkyl halides is 14. The molecule has 176 valence electrons. The van der Waals surface area contributed by atoms with E-state index in [0.29, 0.717) is 0 Å². The third kappa shape index (κ3) is 2.93. The van der Waals surface area contributed by atoms with Gasteiger partial charge in [0.1, 0.15) is 6.61 Å². The highest BCUT2D eigenvalue weighted by molar-refractivity contribution is 5.82. The maximum Gasteiger partial charge on any atom is 0.460 e. The molecule has 0 aromatic carbocycles. The monoisotopic (exact) mass is 480 g/mol. The number of rotatable bonds is 5. The van der Waals surface area contributed by atoms with E-state index in [1.807, 2.05) is 0 Å². The van der Waals surface area contributed by atoms with Crippen molar-refractivity contribution in [1.82, 2.24) is 0 Å². The summed E-state index contributed by atoms with van der Waals surface area (Å²) in [5.41, 5.74) is -6.20. The Labute approximate surface area is 155 Å². The van der Waals surface area contributed by atoms with E-state index in [4.69, 9.17) is 5.11 Å². The van der Waals surface area contributed by atoms with Crippen molar-refractivity contribution in [1.29, 1.82) is 0 Å². The van der Waals surface area contributed by atoms with Crippen molar-refractivity contribution in [3.05, 3.63) is 12.7 Å². The number of esters is 1. The summed E-state index contributed by atoms with van der Waals surface area (Å²) in [5.74, 6) is -39.2. The zero-order valence-corrected chi connectivity index (χ0v) is 13.5. The Bertz CT molecular complexity index is 711. The van der Waals surface area contributed by atoms with E-state index in [1.165, 1.54) is 0 Å².